The Morgan fingerprint density at radius 3 is 1.97 bits per heavy atom. The Bertz CT molecular complexity index is 1530. The van der Waals surface area contributed by atoms with Crippen molar-refractivity contribution in [3.8, 4) is 11.5 Å². The summed E-state index contributed by atoms with van der Waals surface area (Å²) in [6, 6.07) is 32.8. The number of fused-ring (bicyclic) bond motifs is 1. The second-order valence-electron chi connectivity index (χ2n) is 7.89. The van der Waals surface area contributed by atoms with Crippen LogP contribution in [-0.2, 0) is 0 Å². The maximum Gasteiger partial charge on any atom is 0.155 e. The summed E-state index contributed by atoms with van der Waals surface area (Å²) in [5.74, 6) is 0.686. The van der Waals surface area contributed by atoms with E-state index in [9.17, 15) is 5.11 Å². The summed E-state index contributed by atoms with van der Waals surface area (Å²) in [5, 5.41) is 29.1. The maximum absolute atomic E-state index is 10.7. The maximum atomic E-state index is 10.7. The van der Waals surface area contributed by atoms with Crippen molar-refractivity contribution in [1.29, 1.82) is 0 Å². The van der Waals surface area contributed by atoms with E-state index in [-0.39, 0.29) is 5.75 Å². The first-order valence-electron chi connectivity index (χ1n) is 11.2. The van der Waals surface area contributed by atoms with Gasteiger partial charge in [0.2, 0.25) is 0 Å². The Labute approximate surface area is 207 Å². The highest BCUT2D eigenvalue weighted by Crippen LogP contribution is 2.37. The van der Waals surface area contributed by atoms with E-state index in [4.69, 9.17) is 10.6 Å². The lowest BCUT2D eigenvalue weighted by atomic mass is 10.1. The summed E-state index contributed by atoms with van der Waals surface area (Å²) in [7, 11) is 0. The Morgan fingerprint density at radius 1 is 0.639 bits per heavy atom. The molecule has 5 rings (SSSR count). The number of nitrogens with two attached hydrogens (primary N) is 1. The molecule has 0 aliphatic carbocycles. The van der Waals surface area contributed by atoms with Crippen LogP contribution >= 0.6 is 0 Å². The zero-order valence-electron chi connectivity index (χ0n) is 19.1. The number of hydrogen-bond acceptors (Lipinski definition) is 8. The van der Waals surface area contributed by atoms with Crippen LogP contribution in [0, 0.1) is 0 Å². The lowest BCUT2D eigenvalue weighted by Crippen LogP contribution is -2.04. The second-order valence-corrected chi connectivity index (χ2v) is 7.89. The van der Waals surface area contributed by atoms with Crippen molar-refractivity contribution in [3.63, 3.8) is 0 Å². The van der Waals surface area contributed by atoms with E-state index >= 15 is 0 Å². The van der Waals surface area contributed by atoms with Crippen molar-refractivity contribution < 1.29 is 9.94 Å². The molecule has 0 heterocycles. The van der Waals surface area contributed by atoms with Crippen LogP contribution in [0.25, 0.3) is 10.8 Å². The predicted molar refractivity (Wildman–Crippen MR) is 142 cm³/mol. The lowest BCUT2D eigenvalue weighted by Gasteiger charge is -2.10. The smallest absolute Gasteiger partial charge is 0.155 e. The quantitative estimate of drug-likeness (QED) is 0.125. The minimum Gasteiger partial charge on any atom is -0.505 e. The number of benzene rings is 5. The molecule has 0 aliphatic rings. The molecule has 0 unspecified atom stereocenters. The van der Waals surface area contributed by atoms with E-state index in [1.54, 1.807) is 48.5 Å². The molecule has 0 saturated carbocycles. The van der Waals surface area contributed by atoms with E-state index in [0.29, 0.717) is 33.9 Å². The number of aromatic hydroxyl groups is 1. The van der Waals surface area contributed by atoms with E-state index in [0.717, 1.165) is 16.8 Å². The average molecular weight is 475 g/mol. The molecule has 8 nitrogen and oxygen atoms in total. The minimum absolute atomic E-state index is 0.0514. The van der Waals surface area contributed by atoms with Gasteiger partial charge in [0.1, 0.15) is 5.69 Å². The fourth-order valence-corrected chi connectivity index (χ4v) is 3.41. The zero-order valence-corrected chi connectivity index (χ0v) is 19.1. The molecule has 0 aliphatic heterocycles. The third-order valence-electron chi connectivity index (χ3n) is 5.30. The monoisotopic (exact) mass is 474 g/mol. The summed E-state index contributed by atoms with van der Waals surface area (Å²) in [6.07, 6.45) is 0. The number of anilines is 2. The molecule has 0 fully saturated rings. The van der Waals surface area contributed by atoms with Gasteiger partial charge in [0, 0.05) is 11.1 Å². The molecule has 0 spiro atoms. The first-order valence-corrected chi connectivity index (χ1v) is 11.2. The third-order valence-corrected chi connectivity index (χ3v) is 5.30. The molecule has 0 saturated heterocycles. The van der Waals surface area contributed by atoms with Crippen LogP contribution in [0.3, 0.4) is 0 Å². The number of hydrogen-bond donors (Lipinski definition) is 3. The Morgan fingerprint density at radius 2 is 1.28 bits per heavy atom. The molecule has 0 aromatic heterocycles. The number of azo groups is 2. The van der Waals surface area contributed by atoms with Crippen molar-refractivity contribution in [2.75, 3.05) is 11.2 Å². The number of nitrogens with one attached hydrogen (secondary N) is 1. The SMILES string of the molecule is Nc1ccc(ONc2ccc3c(O)c(N=Nc4ccc(N=Nc5ccccc5)cc4)ccc3c2)cc1. The molecule has 36 heavy (non-hydrogen) atoms. The third kappa shape index (κ3) is 5.45. The molecule has 0 amide bonds. The summed E-state index contributed by atoms with van der Waals surface area (Å²) in [4.78, 5) is 5.57. The van der Waals surface area contributed by atoms with Gasteiger partial charge in [-0.25, -0.2) is 5.48 Å². The van der Waals surface area contributed by atoms with Gasteiger partial charge in [0.15, 0.2) is 11.5 Å². The van der Waals surface area contributed by atoms with Gasteiger partial charge in [-0.1, -0.05) is 24.3 Å². The van der Waals surface area contributed by atoms with Crippen LogP contribution in [0.2, 0.25) is 0 Å². The fourth-order valence-electron chi connectivity index (χ4n) is 3.41. The zero-order chi connectivity index (χ0) is 24.7. The predicted octanol–water partition coefficient (Wildman–Crippen LogP) is 8.36. The topological polar surface area (TPSA) is 117 Å². The molecule has 4 N–H and O–H groups in total. The van der Waals surface area contributed by atoms with Crippen LogP contribution in [0.15, 0.2) is 130 Å². The average Bonchev–Trinajstić information content (AvgIpc) is 2.92. The fraction of sp³-hybridized carbons (Fsp3) is 0. The largest absolute Gasteiger partial charge is 0.505 e. The molecule has 0 atom stereocenters. The van der Waals surface area contributed by atoms with Gasteiger partial charge in [-0.05, 0) is 90.3 Å². The summed E-state index contributed by atoms with van der Waals surface area (Å²) in [5.41, 5.74) is 12.5. The van der Waals surface area contributed by atoms with E-state index in [2.05, 4.69) is 25.9 Å². The van der Waals surface area contributed by atoms with Crippen molar-refractivity contribution in [2.45, 2.75) is 0 Å². The highest BCUT2D eigenvalue weighted by Gasteiger charge is 2.07. The molecular formula is C28H22N6O2. The molecular weight excluding hydrogens is 452 g/mol. The minimum atomic E-state index is 0.0514. The highest BCUT2D eigenvalue weighted by molar-refractivity contribution is 5.94. The van der Waals surface area contributed by atoms with Crippen LogP contribution in [0.5, 0.6) is 11.5 Å². The van der Waals surface area contributed by atoms with Crippen LogP contribution in [0.4, 0.5) is 34.1 Å². The van der Waals surface area contributed by atoms with Crippen LogP contribution in [0.1, 0.15) is 0 Å². The van der Waals surface area contributed by atoms with Crippen LogP contribution in [-0.4, -0.2) is 5.11 Å². The summed E-state index contributed by atoms with van der Waals surface area (Å²) in [6.45, 7) is 0. The van der Waals surface area contributed by atoms with Gasteiger partial charge < -0.3 is 15.7 Å². The molecule has 5 aromatic rings. The van der Waals surface area contributed by atoms with Gasteiger partial charge >= 0.3 is 0 Å². The number of phenolic OH excluding ortho intramolecular Hbond substituents is 1. The molecule has 0 radical (unpaired) electrons. The first-order chi connectivity index (χ1) is 17.6. The van der Waals surface area contributed by atoms with Gasteiger partial charge in [0.25, 0.3) is 0 Å². The van der Waals surface area contributed by atoms with Crippen LogP contribution < -0.4 is 16.1 Å². The first kappa shape index (κ1) is 22.5. The Kier molecular flexibility index (Phi) is 6.48. The van der Waals surface area contributed by atoms with E-state index < -0.39 is 0 Å². The lowest BCUT2D eigenvalue weighted by molar-refractivity contribution is 0.405. The normalized spacial score (nSPS) is 11.3. The standard InChI is InChI=1S/C28H22N6O2/c29-20-7-14-25(15-8-20)36-34-24-13-16-26-19(18-24)6-17-27(28(26)35)33-32-23-11-9-22(10-12-23)31-30-21-4-2-1-3-5-21/h1-18,34-35H,29H2. The Hall–Kier alpha value is -5.24. The highest BCUT2D eigenvalue weighted by atomic mass is 16.6. The second kappa shape index (κ2) is 10.4. The van der Waals surface area contributed by atoms with Crippen molar-refractivity contribution in [2.24, 2.45) is 20.5 Å². The number of phenols is 1. The van der Waals surface area contributed by atoms with Crippen molar-refractivity contribution >= 4 is 44.9 Å². The van der Waals surface area contributed by atoms with E-state index in [1.165, 1.54) is 0 Å². The van der Waals surface area contributed by atoms with Gasteiger partial charge in [-0.3, -0.25) is 0 Å². The van der Waals surface area contributed by atoms with Gasteiger partial charge in [-0.15, -0.1) is 5.11 Å². The Balaban J connectivity index is 1.26. The summed E-state index contributed by atoms with van der Waals surface area (Å²) >= 11 is 0. The number of nitrogens with zero attached hydrogens (tertiary/aromatic N) is 4. The summed E-state index contributed by atoms with van der Waals surface area (Å²) < 4.78 is 0. The van der Waals surface area contributed by atoms with E-state index in [1.807, 2.05) is 60.7 Å². The molecule has 8 heteroatoms. The molecule has 5 aromatic carbocycles. The molecule has 0 bridgehead atoms. The molecule has 176 valence electrons. The van der Waals surface area contributed by atoms with Gasteiger partial charge in [0.05, 0.1) is 22.7 Å². The van der Waals surface area contributed by atoms with Gasteiger partial charge in [-0.2, -0.15) is 15.3 Å². The van der Waals surface area contributed by atoms with Crippen molar-refractivity contribution in [1.82, 2.24) is 0 Å². The van der Waals surface area contributed by atoms with Crippen molar-refractivity contribution in [3.05, 3.63) is 109 Å². The number of nitrogen functional groups attached to an aromatic ring is 1. The number of rotatable bonds is 7.